The minimum Gasteiger partial charge on any atom is -0.359 e. The minimum absolute atomic E-state index is 0.00311. The van der Waals surface area contributed by atoms with Crippen molar-refractivity contribution in [3.8, 4) is 12.3 Å². The second-order valence-electron chi connectivity index (χ2n) is 8.06. The van der Waals surface area contributed by atoms with Crippen molar-refractivity contribution >= 4 is 17.5 Å². The van der Waals surface area contributed by atoms with E-state index in [0.29, 0.717) is 12.5 Å². The van der Waals surface area contributed by atoms with E-state index in [-0.39, 0.29) is 17.9 Å². The number of nitrogens with one attached hydrogen (secondary N) is 1. The fourth-order valence-electron chi connectivity index (χ4n) is 3.70. The van der Waals surface area contributed by atoms with Crippen LogP contribution < -0.4 is 5.32 Å². The fraction of sp³-hybridized carbons (Fsp3) is 0.762. The Morgan fingerprint density at radius 2 is 2.19 bits per heavy atom. The second-order valence-corrected chi connectivity index (χ2v) is 8.06. The van der Waals surface area contributed by atoms with Gasteiger partial charge in [0.2, 0.25) is 5.71 Å². The van der Waals surface area contributed by atoms with E-state index in [1.807, 2.05) is 27.8 Å². The molecule has 3 atom stereocenters. The number of amidine groups is 1. The first-order chi connectivity index (χ1) is 12.3. The number of ether oxygens (including phenoxy) is 1. The molecular weight excluding hydrogens is 326 g/mol. The summed E-state index contributed by atoms with van der Waals surface area (Å²) in [6.07, 6.45) is 11.1. The molecular formula is C21H34N3O2+. The number of amides is 1. The molecule has 0 saturated carbocycles. The molecule has 2 rings (SSSR count). The fourth-order valence-corrected chi connectivity index (χ4v) is 3.70. The normalized spacial score (nSPS) is 29.0. The second kappa shape index (κ2) is 8.81. The van der Waals surface area contributed by atoms with E-state index in [4.69, 9.17) is 16.2 Å². The molecule has 5 nitrogen and oxygen atoms in total. The van der Waals surface area contributed by atoms with E-state index in [9.17, 15) is 4.79 Å². The summed E-state index contributed by atoms with van der Waals surface area (Å²) < 4.78 is 8.11. The van der Waals surface area contributed by atoms with Crippen molar-refractivity contribution < 1.29 is 14.1 Å². The molecule has 26 heavy (non-hydrogen) atoms. The molecule has 144 valence electrons. The van der Waals surface area contributed by atoms with Gasteiger partial charge < -0.3 is 10.1 Å². The highest BCUT2D eigenvalue weighted by atomic mass is 16.5. The molecule has 0 aromatic carbocycles. The summed E-state index contributed by atoms with van der Waals surface area (Å²) in [4.78, 5) is 17.3. The third-order valence-corrected chi connectivity index (χ3v) is 5.89. The number of hydrogen-bond donors (Lipinski definition) is 1. The summed E-state index contributed by atoms with van der Waals surface area (Å²) in [5.74, 6) is 3.89. The topological polar surface area (TPSA) is 53.7 Å². The highest BCUT2D eigenvalue weighted by Gasteiger charge is 2.46. The van der Waals surface area contributed by atoms with Gasteiger partial charge in [-0.15, -0.1) is 6.42 Å². The standard InChI is InChI=1S/C21H33N3O2/c1-7-9-10-11-16-13-17(24(6)14-18(16)26-12-8-2)19-22-20(25)21(5,23-19)15(3)4/h2,15-16,18H,7,9-14H2,1,3-6H3/p+1. The van der Waals surface area contributed by atoms with E-state index >= 15 is 0 Å². The number of terminal acetylenes is 1. The van der Waals surface area contributed by atoms with Crippen molar-refractivity contribution in [2.75, 3.05) is 20.2 Å². The Bertz CT molecular complexity index is 630. The van der Waals surface area contributed by atoms with Crippen LogP contribution in [0.25, 0.3) is 0 Å². The van der Waals surface area contributed by atoms with Crippen molar-refractivity contribution in [3.05, 3.63) is 0 Å². The molecule has 0 bridgehead atoms. The van der Waals surface area contributed by atoms with Crippen molar-refractivity contribution in [1.82, 2.24) is 5.32 Å². The van der Waals surface area contributed by atoms with Crippen molar-refractivity contribution in [3.63, 3.8) is 0 Å². The molecule has 0 saturated heterocycles. The molecule has 5 heteroatoms. The zero-order valence-electron chi connectivity index (χ0n) is 17.0. The molecule has 0 aromatic heterocycles. The maximum Gasteiger partial charge on any atom is 0.253 e. The third-order valence-electron chi connectivity index (χ3n) is 5.89. The van der Waals surface area contributed by atoms with Crippen LogP contribution in [0.1, 0.15) is 59.8 Å². The van der Waals surface area contributed by atoms with E-state index in [1.165, 1.54) is 19.3 Å². The summed E-state index contributed by atoms with van der Waals surface area (Å²) in [6, 6.07) is 0. The van der Waals surface area contributed by atoms with Gasteiger partial charge in [-0.25, -0.2) is 9.57 Å². The number of unbranched alkanes of at least 4 members (excludes halogenated alkanes) is 2. The highest BCUT2D eigenvalue weighted by molar-refractivity contribution is 6.44. The average molecular weight is 361 g/mol. The summed E-state index contributed by atoms with van der Waals surface area (Å²) in [5, 5.41) is 3.03. The molecule has 0 radical (unpaired) electrons. The molecule has 2 aliphatic heterocycles. The number of carbonyl (C=O) groups is 1. The number of likely N-dealkylation sites (N-methyl/N-ethyl adjacent to an activating group) is 1. The monoisotopic (exact) mass is 360 g/mol. The van der Waals surface area contributed by atoms with Gasteiger partial charge in [0.15, 0.2) is 12.4 Å². The van der Waals surface area contributed by atoms with E-state index in [1.54, 1.807) is 0 Å². The Labute approximate surface area is 158 Å². The number of aliphatic imine (C=N–C) groups is 1. The zero-order valence-corrected chi connectivity index (χ0v) is 17.0. The number of hydrogen-bond acceptors (Lipinski definition) is 3. The predicted molar refractivity (Wildman–Crippen MR) is 106 cm³/mol. The summed E-state index contributed by atoms with van der Waals surface area (Å²) in [6.45, 7) is 9.34. The molecule has 1 N–H and O–H groups in total. The molecule has 0 spiro atoms. The Morgan fingerprint density at radius 3 is 2.77 bits per heavy atom. The van der Waals surface area contributed by atoms with Gasteiger partial charge >= 0.3 is 0 Å². The molecule has 0 fully saturated rings. The van der Waals surface area contributed by atoms with Gasteiger partial charge in [-0.2, -0.15) is 0 Å². The summed E-state index contributed by atoms with van der Waals surface area (Å²) in [7, 11) is 2.05. The van der Waals surface area contributed by atoms with Crippen LogP contribution in [-0.2, 0) is 9.53 Å². The first kappa shape index (κ1) is 20.6. The van der Waals surface area contributed by atoms with Crippen LogP contribution in [0.15, 0.2) is 4.99 Å². The van der Waals surface area contributed by atoms with Crippen molar-refractivity contribution in [2.24, 2.45) is 16.8 Å². The van der Waals surface area contributed by atoms with Gasteiger partial charge in [-0.3, -0.25) is 4.79 Å². The Morgan fingerprint density at radius 1 is 1.46 bits per heavy atom. The molecule has 3 unspecified atom stereocenters. The van der Waals surface area contributed by atoms with Crippen LogP contribution >= 0.6 is 0 Å². The van der Waals surface area contributed by atoms with Crippen LogP contribution in [0.2, 0.25) is 0 Å². The molecule has 1 amide bonds. The van der Waals surface area contributed by atoms with E-state index < -0.39 is 5.54 Å². The van der Waals surface area contributed by atoms with Gasteiger partial charge in [-0.1, -0.05) is 46.0 Å². The molecule has 0 aliphatic carbocycles. The maximum absolute atomic E-state index is 12.5. The minimum atomic E-state index is -0.683. The zero-order chi connectivity index (χ0) is 19.3. The SMILES string of the molecule is C#CCOC1C[N+](C)=C(C2=NC(C)(C(C)C)C(=O)N2)CC1CCCCC. The van der Waals surface area contributed by atoms with Crippen LogP contribution in [0.5, 0.6) is 0 Å². The summed E-state index contributed by atoms with van der Waals surface area (Å²) in [5.41, 5.74) is 0.433. The smallest absolute Gasteiger partial charge is 0.253 e. The summed E-state index contributed by atoms with van der Waals surface area (Å²) >= 11 is 0. The lowest BCUT2D eigenvalue weighted by molar-refractivity contribution is -0.515. The maximum atomic E-state index is 12.5. The first-order valence-corrected chi connectivity index (χ1v) is 9.87. The molecule has 0 aromatic rings. The van der Waals surface area contributed by atoms with Crippen LogP contribution in [0.4, 0.5) is 0 Å². The quantitative estimate of drug-likeness (QED) is 0.411. The number of carbonyl (C=O) groups excluding carboxylic acids is 1. The van der Waals surface area contributed by atoms with Crippen LogP contribution in [0.3, 0.4) is 0 Å². The van der Waals surface area contributed by atoms with Crippen LogP contribution in [0, 0.1) is 24.2 Å². The Kier molecular flexibility index (Phi) is 7.00. The molecule has 2 heterocycles. The van der Waals surface area contributed by atoms with Gasteiger partial charge in [-0.05, 0) is 19.3 Å². The highest BCUT2D eigenvalue weighted by Crippen LogP contribution is 2.29. The van der Waals surface area contributed by atoms with E-state index in [2.05, 4.69) is 22.7 Å². The van der Waals surface area contributed by atoms with Gasteiger partial charge in [0, 0.05) is 12.3 Å². The average Bonchev–Trinajstić information content (AvgIpc) is 2.90. The lowest BCUT2D eigenvalue weighted by Crippen LogP contribution is -2.47. The van der Waals surface area contributed by atoms with Gasteiger partial charge in [0.1, 0.15) is 25.3 Å². The lowest BCUT2D eigenvalue weighted by atomic mass is 9.87. The van der Waals surface area contributed by atoms with Gasteiger partial charge in [0.25, 0.3) is 5.91 Å². The largest absolute Gasteiger partial charge is 0.359 e. The third kappa shape index (κ3) is 4.35. The van der Waals surface area contributed by atoms with Crippen molar-refractivity contribution in [1.29, 1.82) is 0 Å². The Hall–Kier alpha value is -1.67. The van der Waals surface area contributed by atoms with Crippen LogP contribution in [-0.4, -0.2) is 53.9 Å². The number of rotatable bonds is 8. The van der Waals surface area contributed by atoms with Gasteiger partial charge in [0.05, 0.1) is 0 Å². The van der Waals surface area contributed by atoms with E-state index in [0.717, 1.165) is 30.9 Å². The Balaban J connectivity index is 2.23. The first-order valence-electron chi connectivity index (χ1n) is 9.87. The van der Waals surface area contributed by atoms with Crippen molar-refractivity contribution in [2.45, 2.75) is 71.4 Å². The lowest BCUT2D eigenvalue weighted by Gasteiger charge is -2.29. The predicted octanol–water partition coefficient (Wildman–Crippen LogP) is 2.63. The molecule has 2 aliphatic rings. The number of nitrogens with zero attached hydrogens (tertiary/aromatic N) is 2.